The molecular weight excluding hydrogens is 313 g/mol. The molecule has 6 heteroatoms. The molecule has 1 aromatic rings. The molecule has 0 spiro atoms. The number of benzene rings is 1. The van der Waals surface area contributed by atoms with Crippen molar-refractivity contribution in [2.45, 2.75) is 53.5 Å². The molecule has 0 saturated heterocycles. The first kappa shape index (κ1) is 23.4. The summed E-state index contributed by atoms with van der Waals surface area (Å²) in [6.07, 6.45) is 0.880. The van der Waals surface area contributed by atoms with Gasteiger partial charge in [-0.2, -0.15) is 13.2 Å². The van der Waals surface area contributed by atoms with Crippen LogP contribution in [0.4, 0.5) is 13.2 Å². The maximum Gasteiger partial charge on any atom is 0.479 e. The second-order valence-electron chi connectivity index (χ2n) is 5.44. The van der Waals surface area contributed by atoms with Crippen molar-refractivity contribution >= 4 is 12.0 Å². The van der Waals surface area contributed by atoms with E-state index in [0.29, 0.717) is 0 Å². The van der Waals surface area contributed by atoms with Crippen LogP contribution in [0.1, 0.15) is 45.7 Å². The lowest BCUT2D eigenvalue weighted by Gasteiger charge is -2.20. The average Bonchev–Trinajstić information content (AvgIpc) is 2.42. The van der Waals surface area contributed by atoms with E-state index in [9.17, 15) is 13.2 Å². The Morgan fingerprint density at radius 2 is 1.59 bits per heavy atom. The molecule has 1 aromatic carbocycles. The van der Waals surface area contributed by atoms with E-state index in [1.807, 2.05) is 26.8 Å². The zero-order valence-corrected chi connectivity index (χ0v) is 15.2. The Morgan fingerprint density at radius 3 is 1.95 bits per heavy atom. The van der Waals surface area contributed by atoms with Crippen LogP contribution in [0.3, 0.4) is 0 Å². The molecule has 0 atom stereocenters. The molecule has 0 heterocycles. The molecule has 0 aromatic heterocycles. The Balaban J connectivity index is 0. The summed E-state index contributed by atoms with van der Waals surface area (Å²) in [7, 11) is 1.00. The van der Waals surface area contributed by atoms with Crippen LogP contribution in [0, 0.1) is 12.3 Å². The molecule has 0 saturated carbocycles. The second-order valence-corrected chi connectivity index (χ2v) is 6.23. The van der Waals surface area contributed by atoms with Crippen LogP contribution in [-0.2, 0) is 6.42 Å². The van der Waals surface area contributed by atoms with Crippen LogP contribution in [0.15, 0.2) is 18.2 Å². The maximum absolute atomic E-state index is 12.0. The third-order valence-corrected chi connectivity index (χ3v) is 2.73. The number of hydrogen-bond acceptors (Lipinski definition) is 3. The minimum atomic E-state index is -4.38. The lowest BCUT2D eigenvalue weighted by molar-refractivity contribution is -0.0369. The zero-order valence-electron chi connectivity index (χ0n) is 14.3. The predicted molar refractivity (Wildman–Crippen MR) is 88.1 cm³/mol. The molecule has 0 aliphatic heterocycles. The molecule has 0 fully saturated rings. The largest absolute Gasteiger partial charge is 0.479 e. The number of hydrogen-bond donors (Lipinski definition) is 1. The Morgan fingerprint density at radius 1 is 1.09 bits per heavy atom. The van der Waals surface area contributed by atoms with Gasteiger partial charge in [-0.05, 0) is 42.0 Å². The zero-order chi connectivity index (χ0) is 18.0. The van der Waals surface area contributed by atoms with Gasteiger partial charge in [0.2, 0.25) is 0 Å². The summed E-state index contributed by atoms with van der Waals surface area (Å²) < 4.78 is 40.6. The predicted octanol–water partition coefficient (Wildman–Crippen LogP) is 5.77. The summed E-state index contributed by atoms with van der Waals surface area (Å²) >= 11 is -0.486. The Bertz CT molecular complexity index is 413. The molecule has 0 aliphatic carbocycles. The normalized spacial score (nSPS) is 10.9. The van der Waals surface area contributed by atoms with Crippen molar-refractivity contribution in [1.82, 2.24) is 0 Å². The SMILES string of the molecule is CC.CO.Cc1cc(OSC(F)(F)F)ccc1CC(C)(C)C. The molecule has 0 aliphatic rings. The summed E-state index contributed by atoms with van der Waals surface area (Å²) in [5, 5.41) is 7.00. The maximum atomic E-state index is 12.0. The molecule has 0 radical (unpaired) electrons. The first-order chi connectivity index (χ1) is 10.1. The number of aryl methyl sites for hydroxylation is 1. The van der Waals surface area contributed by atoms with Crippen LogP contribution >= 0.6 is 12.0 Å². The molecule has 2 nitrogen and oxygen atoms in total. The van der Waals surface area contributed by atoms with Crippen molar-refractivity contribution in [3.8, 4) is 5.75 Å². The number of alkyl halides is 3. The fourth-order valence-corrected chi connectivity index (χ4v) is 1.88. The number of aliphatic hydroxyl groups is 1. The minimum Gasteiger partial charge on any atom is -0.417 e. The molecule has 22 heavy (non-hydrogen) atoms. The smallest absolute Gasteiger partial charge is 0.417 e. The van der Waals surface area contributed by atoms with Gasteiger partial charge in [-0.1, -0.05) is 40.7 Å². The molecule has 0 bridgehead atoms. The van der Waals surface area contributed by atoms with Crippen molar-refractivity contribution in [3.63, 3.8) is 0 Å². The van der Waals surface area contributed by atoms with E-state index in [2.05, 4.69) is 25.0 Å². The highest BCUT2D eigenvalue weighted by atomic mass is 32.2. The molecule has 130 valence electrons. The van der Waals surface area contributed by atoms with Gasteiger partial charge in [0.25, 0.3) is 0 Å². The summed E-state index contributed by atoms with van der Waals surface area (Å²) in [4.78, 5) is 0. The number of aliphatic hydroxyl groups excluding tert-OH is 1. The van der Waals surface area contributed by atoms with Gasteiger partial charge in [-0.25, -0.2) is 0 Å². The van der Waals surface area contributed by atoms with Gasteiger partial charge >= 0.3 is 5.51 Å². The summed E-state index contributed by atoms with van der Waals surface area (Å²) in [5.41, 5.74) is -2.15. The third kappa shape index (κ3) is 11.7. The standard InChI is InChI=1S/C13H17F3OS.C2H6.CH4O/c1-9-7-11(17-18-13(14,15)16)6-5-10(9)8-12(2,3)4;2*1-2/h5-7H,8H2,1-4H3;1-2H3;2H,1H3. The van der Waals surface area contributed by atoms with Crippen molar-refractivity contribution < 1.29 is 22.5 Å². The minimum absolute atomic E-state index is 0.147. The van der Waals surface area contributed by atoms with Gasteiger partial charge in [0.15, 0.2) is 12.0 Å². The van der Waals surface area contributed by atoms with Gasteiger partial charge in [-0.15, -0.1) is 0 Å². The van der Waals surface area contributed by atoms with Gasteiger partial charge in [0.05, 0.1) is 0 Å². The summed E-state index contributed by atoms with van der Waals surface area (Å²) in [6.45, 7) is 12.2. The lowest BCUT2D eigenvalue weighted by Crippen LogP contribution is -2.10. The van der Waals surface area contributed by atoms with Gasteiger partial charge in [0, 0.05) is 7.11 Å². The first-order valence-electron chi connectivity index (χ1n) is 7.03. The highest BCUT2D eigenvalue weighted by molar-refractivity contribution is 7.95. The molecule has 0 amide bonds. The topological polar surface area (TPSA) is 29.5 Å². The van der Waals surface area contributed by atoms with Crippen LogP contribution in [0.5, 0.6) is 5.75 Å². The van der Waals surface area contributed by atoms with E-state index in [4.69, 9.17) is 5.11 Å². The van der Waals surface area contributed by atoms with Gasteiger partial charge < -0.3 is 9.29 Å². The van der Waals surface area contributed by atoms with Crippen LogP contribution in [-0.4, -0.2) is 17.7 Å². The highest BCUT2D eigenvalue weighted by Gasteiger charge is 2.31. The molecule has 0 unspecified atom stereocenters. The van der Waals surface area contributed by atoms with Crippen molar-refractivity contribution in [2.24, 2.45) is 5.41 Å². The highest BCUT2D eigenvalue weighted by Crippen LogP contribution is 2.33. The Labute approximate surface area is 136 Å². The first-order valence-corrected chi connectivity index (χ1v) is 7.78. The monoisotopic (exact) mass is 340 g/mol. The van der Waals surface area contributed by atoms with Gasteiger partial charge in [0.1, 0.15) is 5.75 Å². The summed E-state index contributed by atoms with van der Waals surface area (Å²) in [5.74, 6) is 0.229. The van der Waals surface area contributed by atoms with Crippen molar-refractivity contribution in [1.29, 1.82) is 0 Å². The molecule has 1 N–H and O–H groups in total. The number of rotatable bonds is 3. The van der Waals surface area contributed by atoms with Gasteiger partial charge in [-0.3, -0.25) is 0 Å². The quantitative estimate of drug-likeness (QED) is 0.709. The Hall–Kier alpha value is -0.880. The van der Waals surface area contributed by atoms with E-state index in [0.717, 1.165) is 24.7 Å². The van der Waals surface area contributed by atoms with E-state index in [-0.39, 0.29) is 11.2 Å². The molecule has 1 rings (SSSR count). The van der Waals surface area contributed by atoms with E-state index < -0.39 is 17.6 Å². The second kappa shape index (κ2) is 10.8. The van der Waals surface area contributed by atoms with Crippen molar-refractivity contribution in [3.05, 3.63) is 29.3 Å². The van der Waals surface area contributed by atoms with E-state index in [1.165, 1.54) is 0 Å². The fourth-order valence-electron chi connectivity index (χ4n) is 1.59. The van der Waals surface area contributed by atoms with Crippen LogP contribution in [0.25, 0.3) is 0 Å². The van der Waals surface area contributed by atoms with E-state index in [1.54, 1.807) is 12.1 Å². The van der Waals surface area contributed by atoms with Crippen LogP contribution < -0.4 is 4.18 Å². The fraction of sp³-hybridized carbons (Fsp3) is 0.625. The lowest BCUT2D eigenvalue weighted by atomic mass is 9.86. The van der Waals surface area contributed by atoms with E-state index >= 15 is 0 Å². The Kier molecular flexibility index (Phi) is 11.5. The number of halogens is 3. The third-order valence-electron chi connectivity index (χ3n) is 2.27. The van der Waals surface area contributed by atoms with Crippen molar-refractivity contribution in [2.75, 3.05) is 7.11 Å². The average molecular weight is 340 g/mol. The summed E-state index contributed by atoms with van der Waals surface area (Å²) in [6, 6.07) is 5.04. The molecular formula is C16H27F3O2S. The van der Waals surface area contributed by atoms with Crippen LogP contribution in [0.2, 0.25) is 0 Å².